The third-order valence-corrected chi connectivity index (χ3v) is 5.17. The van der Waals surface area contributed by atoms with Crippen LogP contribution in [-0.2, 0) is 21.4 Å². The smallest absolute Gasteiger partial charge is 0.263 e. The molecule has 0 spiro atoms. The van der Waals surface area contributed by atoms with Gasteiger partial charge in [0.2, 0.25) is 5.91 Å². The topological polar surface area (TPSA) is 93.1 Å². The minimum Gasteiger partial charge on any atom is -0.326 e. The summed E-state index contributed by atoms with van der Waals surface area (Å²) in [4.78, 5) is 11.2. The summed E-state index contributed by atoms with van der Waals surface area (Å²) in [7, 11) is -3.78. The molecule has 0 bridgehead atoms. The summed E-state index contributed by atoms with van der Waals surface area (Å²) in [5.41, 5.74) is 2.26. The second kappa shape index (κ2) is 7.63. The van der Waals surface area contributed by atoms with Crippen LogP contribution < -0.4 is 10.0 Å². The SMILES string of the molecule is CC(=O)Nc1ccc(S(=O)(=O)Nc2cc(C)nn2Cc2ccccc2)cc1. The zero-order valence-electron chi connectivity index (χ0n) is 15.0. The van der Waals surface area contributed by atoms with E-state index in [1.807, 2.05) is 37.3 Å². The van der Waals surface area contributed by atoms with Gasteiger partial charge < -0.3 is 5.32 Å². The molecule has 0 atom stereocenters. The number of nitrogens with zero attached hydrogens (tertiary/aromatic N) is 2. The molecular formula is C19H20N4O3S. The number of amides is 1. The van der Waals surface area contributed by atoms with Crippen LogP contribution in [0.15, 0.2) is 65.6 Å². The lowest BCUT2D eigenvalue weighted by Crippen LogP contribution is -2.17. The predicted molar refractivity (Wildman–Crippen MR) is 104 cm³/mol. The van der Waals surface area contributed by atoms with Crippen molar-refractivity contribution in [3.63, 3.8) is 0 Å². The monoisotopic (exact) mass is 384 g/mol. The zero-order valence-corrected chi connectivity index (χ0v) is 15.8. The second-order valence-electron chi connectivity index (χ2n) is 6.13. The zero-order chi connectivity index (χ0) is 19.4. The second-order valence-corrected chi connectivity index (χ2v) is 7.81. The number of aromatic nitrogens is 2. The highest BCUT2D eigenvalue weighted by Gasteiger charge is 2.17. The van der Waals surface area contributed by atoms with Crippen LogP contribution in [0.3, 0.4) is 0 Å². The maximum atomic E-state index is 12.7. The normalized spacial score (nSPS) is 11.2. The van der Waals surface area contributed by atoms with E-state index >= 15 is 0 Å². The fraction of sp³-hybridized carbons (Fsp3) is 0.158. The molecule has 3 aromatic rings. The summed E-state index contributed by atoms with van der Waals surface area (Å²) in [6.07, 6.45) is 0. The number of carbonyl (C=O) groups excluding carboxylic acids is 1. The lowest BCUT2D eigenvalue weighted by Gasteiger charge is -2.11. The Morgan fingerprint density at radius 3 is 2.37 bits per heavy atom. The van der Waals surface area contributed by atoms with Gasteiger partial charge in [0.1, 0.15) is 5.82 Å². The van der Waals surface area contributed by atoms with Crippen molar-refractivity contribution < 1.29 is 13.2 Å². The van der Waals surface area contributed by atoms with Gasteiger partial charge >= 0.3 is 0 Å². The van der Waals surface area contributed by atoms with Gasteiger partial charge in [-0.2, -0.15) is 5.10 Å². The number of hydrogen-bond acceptors (Lipinski definition) is 4. The van der Waals surface area contributed by atoms with E-state index in [4.69, 9.17) is 0 Å². The van der Waals surface area contributed by atoms with Crippen molar-refractivity contribution in [2.24, 2.45) is 0 Å². The maximum Gasteiger partial charge on any atom is 0.263 e. The molecular weight excluding hydrogens is 364 g/mol. The highest BCUT2D eigenvalue weighted by atomic mass is 32.2. The first kappa shape index (κ1) is 18.7. The Morgan fingerprint density at radius 2 is 1.74 bits per heavy atom. The Balaban J connectivity index is 1.82. The van der Waals surface area contributed by atoms with Gasteiger partial charge in [0, 0.05) is 18.7 Å². The number of sulfonamides is 1. The van der Waals surface area contributed by atoms with E-state index in [2.05, 4.69) is 15.1 Å². The molecule has 0 aliphatic heterocycles. The summed E-state index contributed by atoms with van der Waals surface area (Å²) >= 11 is 0. The Bertz CT molecular complexity index is 1040. The van der Waals surface area contributed by atoms with E-state index in [0.717, 1.165) is 5.56 Å². The Hall–Kier alpha value is -3.13. The van der Waals surface area contributed by atoms with Crippen LogP contribution in [-0.4, -0.2) is 24.1 Å². The van der Waals surface area contributed by atoms with Crippen molar-refractivity contribution >= 4 is 27.4 Å². The molecule has 7 nitrogen and oxygen atoms in total. The van der Waals surface area contributed by atoms with Crippen LogP contribution in [0.2, 0.25) is 0 Å². The molecule has 0 aliphatic carbocycles. The highest BCUT2D eigenvalue weighted by molar-refractivity contribution is 7.92. The van der Waals surface area contributed by atoms with Gasteiger partial charge in [0.15, 0.2) is 0 Å². The summed E-state index contributed by atoms with van der Waals surface area (Å²) < 4.78 is 29.6. The third kappa shape index (κ3) is 4.73. The molecule has 0 radical (unpaired) electrons. The van der Waals surface area contributed by atoms with Crippen LogP contribution in [0.1, 0.15) is 18.2 Å². The number of benzene rings is 2. The van der Waals surface area contributed by atoms with Gasteiger partial charge in [-0.15, -0.1) is 0 Å². The van der Waals surface area contributed by atoms with E-state index in [9.17, 15) is 13.2 Å². The standard InChI is InChI=1S/C19H20N4O3S/c1-14-12-19(23(21-14)13-16-6-4-3-5-7-16)22-27(25,26)18-10-8-17(9-11-18)20-15(2)24/h3-12,22H,13H2,1-2H3,(H,20,24). The van der Waals surface area contributed by atoms with Crippen LogP contribution in [0, 0.1) is 6.92 Å². The van der Waals surface area contributed by atoms with Gasteiger partial charge in [0.05, 0.1) is 17.1 Å². The van der Waals surface area contributed by atoms with Crippen LogP contribution in [0.4, 0.5) is 11.5 Å². The largest absolute Gasteiger partial charge is 0.326 e. The molecule has 1 aromatic heterocycles. The van der Waals surface area contributed by atoms with Crippen molar-refractivity contribution in [2.45, 2.75) is 25.3 Å². The first-order valence-electron chi connectivity index (χ1n) is 8.32. The highest BCUT2D eigenvalue weighted by Crippen LogP contribution is 2.20. The van der Waals surface area contributed by atoms with Crippen LogP contribution >= 0.6 is 0 Å². The number of hydrogen-bond donors (Lipinski definition) is 2. The molecule has 0 aliphatic rings. The van der Waals surface area contributed by atoms with Crippen molar-refractivity contribution in [1.29, 1.82) is 0 Å². The first-order valence-corrected chi connectivity index (χ1v) is 9.81. The van der Waals surface area contributed by atoms with Crippen molar-refractivity contribution in [2.75, 3.05) is 10.0 Å². The van der Waals surface area contributed by atoms with Crippen LogP contribution in [0.5, 0.6) is 0 Å². The fourth-order valence-corrected chi connectivity index (χ4v) is 3.67. The van der Waals surface area contributed by atoms with Crippen molar-refractivity contribution in [1.82, 2.24) is 9.78 Å². The van der Waals surface area contributed by atoms with E-state index in [1.165, 1.54) is 19.1 Å². The Labute approximate surface area is 158 Å². The lowest BCUT2D eigenvalue weighted by molar-refractivity contribution is -0.114. The molecule has 8 heteroatoms. The molecule has 0 saturated heterocycles. The van der Waals surface area contributed by atoms with Gasteiger partial charge in [-0.3, -0.25) is 9.52 Å². The average Bonchev–Trinajstić information content (AvgIpc) is 2.94. The van der Waals surface area contributed by atoms with Gasteiger partial charge in [0.25, 0.3) is 10.0 Å². The molecule has 2 aromatic carbocycles. The van der Waals surface area contributed by atoms with Gasteiger partial charge in [-0.1, -0.05) is 30.3 Å². The molecule has 140 valence electrons. The molecule has 0 saturated carbocycles. The minimum atomic E-state index is -3.78. The van der Waals surface area contributed by atoms with Gasteiger partial charge in [-0.25, -0.2) is 13.1 Å². The molecule has 1 amide bonds. The number of rotatable bonds is 6. The van der Waals surface area contributed by atoms with E-state index in [1.54, 1.807) is 22.9 Å². The molecule has 3 rings (SSSR count). The summed E-state index contributed by atoms with van der Waals surface area (Å²) in [6.45, 7) is 3.65. The average molecular weight is 384 g/mol. The third-order valence-electron chi connectivity index (χ3n) is 3.80. The lowest BCUT2D eigenvalue weighted by atomic mass is 10.2. The molecule has 2 N–H and O–H groups in total. The number of aryl methyl sites for hydroxylation is 1. The van der Waals surface area contributed by atoms with E-state index in [0.29, 0.717) is 23.7 Å². The van der Waals surface area contributed by atoms with E-state index < -0.39 is 10.0 Å². The maximum absolute atomic E-state index is 12.7. The summed E-state index contributed by atoms with van der Waals surface area (Å²) in [5.74, 6) is 0.173. The summed E-state index contributed by atoms with van der Waals surface area (Å²) in [6, 6.07) is 17.3. The fourth-order valence-electron chi connectivity index (χ4n) is 2.62. The van der Waals surface area contributed by atoms with E-state index in [-0.39, 0.29) is 10.8 Å². The van der Waals surface area contributed by atoms with Crippen molar-refractivity contribution in [3.8, 4) is 0 Å². The number of nitrogens with one attached hydrogen (secondary N) is 2. The Kier molecular flexibility index (Phi) is 5.27. The number of anilines is 2. The molecule has 0 unspecified atom stereocenters. The Morgan fingerprint density at radius 1 is 1.07 bits per heavy atom. The van der Waals surface area contributed by atoms with Crippen molar-refractivity contribution in [3.05, 3.63) is 71.9 Å². The quantitative estimate of drug-likeness (QED) is 0.683. The molecule has 27 heavy (non-hydrogen) atoms. The van der Waals surface area contributed by atoms with Gasteiger partial charge in [-0.05, 0) is 36.8 Å². The number of carbonyl (C=O) groups is 1. The summed E-state index contributed by atoms with van der Waals surface area (Å²) in [5, 5.41) is 6.98. The minimum absolute atomic E-state index is 0.0988. The van der Waals surface area contributed by atoms with Crippen LogP contribution in [0.25, 0.3) is 0 Å². The molecule has 0 fully saturated rings. The first-order chi connectivity index (χ1) is 12.8. The molecule has 1 heterocycles. The predicted octanol–water partition coefficient (Wildman–Crippen LogP) is 3.00.